The van der Waals surface area contributed by atoms with E-state index in [1.54, 1.807) is 0 Å². The highest BCUT2D eigenvalue weighted by molar-refractivity contribution is 5.73. The standard InChI is InChI=1S/C15H23NO2/c1-5-6-14(15(17)18)16-9-13-11(3)7-10(2)8-12(13)4/h7-8,14,16H,5-6,9H2,1-4H3,(H,17,18). The van der Waals surface area contributed by atoms with Gasteiger partial charge < -0.3 is 10.4 Å². The van der Waals surface area contributed by atoms with Crippen LogP contribution in [-0.4, -0.2) is 17.1 Å². The number of aryl methyl sites for hydroxylation is 3. The molecule has 0 saturated heterocycles. The molecule has 0 bridgehead atoms. The molecule has 3 heteroatoms. The fourth-order valence-corrected chi connectivity index (χ4v) is 2.32. The topological polar surface area (TPSA) is 49.3 Å². The van der Waals surface area contributed by atoms with Crippen LogP contribution in [0.4, 0.5) is 0 Å². The third-order valence-electron chi connectivity index (χ3n) is 3.24. The summed E-state index contributed by atoms with van der Waals surface area (Å²) in [5.74, 6) is -0.765. The lowest BCUT2D eigenvalue weighted by Crippen LogP contribution is -2.36. The van der Waals surface area contributed by atoms with E-state index in [0.29, 0.717) is 13.0 Å². The van der Waals surface area contributed by atoms with Crippen LogP contribution in [-0.2, 0) is 11.3 Å². The highest BCUT2D eigenvalue weighted by Gasteiger charge is 2.16. The molecule has 0 aliphatic carbocycles. The first kappa shape index (κ1) is 14.7. The zero-order valence-electron chi connectivity index (χ0n) is 11.7. The number of rotatable bonds is 6. The fourth-order valence-electron chi connectivity index (χ4n) is 2.32. The first-order valence-corrected chi connectivity index (χ1v) is 6.48. The Morgan fingerprint density at radius 1 is 1.28 bits per heavy atom. The predicted octanol–water partition coefficient (Wildman–Crippen LogP) is 2.95. The molecule has 0 aliphatic rings. The summed E-state index contributed by atoms with van der Waals surface area (Å²) >= 11 is 0. The maximum atomic E-state index is 11.1. The Hall–Kier alpha value is -1.35. The van der Waals surface area contributed by atoms with Gasteiger partial charge in [-0.1, -0.05) is 31.0 Å². The van der Waals surface area contributed by atoms with Crippen LogP contribution in [0.1, 0.15) is 42.0 Å². The zero-order valence-corrected chi connectivity index (χ0v) is 11.7. The van der Waals surface area contributed by atoms with Crippen molar-refractivity contribution in [3.63, 3.8) is 0 Å². The van der Waals surface area contributed by atoms with E-state index in [0.717, 1.165) is 6.42 Å². The lowest BCUT2D eigenvalue weighted by Gasteiger charge is -2.16. The van der Waals surface area contributed by atoms with Gasteiger partial charge in [-0.25, -0.2) is 0 Å². The molecule has 0 fully saturated rings. The van der Waals surface area contributed by atoms with E-state index in [-0.39, 0.29) is 0 Å². The minimum absolute atomic E-state index is 0.449. The van der Waals surface area contributed by atoms with Crippen LogP contribution in [0.5, 0.6) is 0 Å². The summed E-state index contributed by atoms with van der Waals surface area (Å²) in [5, 5.41) is 12.2. The number of aliphatic carboxylic acids is 1. The molecule has 1 unspecified atom stereocenters. The van der Waals surface area contributed by atoms with E-state index in [9.17, 15) is 4.79 Å². The Balaban J connectivity index is 2.76. The average molecular weight is 249 g/mol. The molecule has 0 radical (unpaired) electrons. The maximum absolute atomic E-state index is 11.1. The van der Waals surface area contributed by atoms with Crippen molar-refractivity contribution in [1.29, 1.82) is 0 Å². The molecule has 18 heavy (non-hydrogen) atoms. The Morgan fingerprint density at radius 3 is 2.28 bits per heavy atom. The Kier molecular flexibility index (Phi) is 5.35. The van der Waals surface area contributed by atoms with Gasteiger partial charge in [0.1, 0.15) is 6.04 Å². The molecule has 0 aromatic heterocycles. The van der Waals surface area contributed by atoms with Crippen molar-refractivity contribution in [2.45, 2.75) is 53.1 Å². The second kappa shape index (κ2) is 6.55. The Labute approximate surface area is 109 Å². The number of hydrogen-bond donors (Lipinski definition) is 2. The van der Waals surface area contributed by atoms with E-state index >= 15 is 0 Å². The van der Waals surface area contributed by atoms with E-state index in [4.69, 9.17) is 5.11 Å². The van der Waals surface area contributed by atoms with Crippen LogP contribution in [0, 0.1) is 20.8 Å². The van der Waals surface area contributed by atoms with Crippen molar-refractivity contribution >= 4 is 5.97 Å². The van der Waals surface area contributed by atoms with E-state index in [1.807, 2.05) is 6.92 Å². The average Bonchev–Trinajstić information content (AvgIpc) is 2.25. The summed E-state index contributed by atoms with van der Waals surface area (Å²) in [6.45, 7) is 8.85. The first-order valence-electron chi connectivity index (χ1n) is 6.48. The maximum Gasteiger partial charge on any atom is 0.320 e. The summed E-state index contributed by atoms with van der Waals surface area (Å²) < 4.78 is 0. The molecule has 0 saturated carbocycles. The van der Waals surface area contributed by atoms with Crippen molar-refractivity contribution in [3.05, 3.63) is 34.4 Å². The minimum atomic E-state index is -0.765. The van der Waals surface area contributed by atoms with Gasteiger partial charge in [-0.3, -0.25) is 4.79 Å². The molecule has 0 aliphatic heterocycles. The van der Waals surface area contributed by atoms with Gasteiger partial charge in [-0.2, -0.15) is 0 Å². The molecule has 1 rings (SSSR count). The van der Waals surface area contributed by atoms with Gasteiger partial charge in [-0.05, 0) is 43.9 Å². The van der Waals surface area contributed by atoms with E-state index in [1.165, 1.54) is 22.3 Å². The molecule has 0 heterocycles. The molecule has 1 atom stereocenters. The molecule has 1 aromatic rings. The molecule has 100 valence electrons. The Bertz CT molecular complexity index is 403. The molecular formula is C15H23NO2. The SMILES string of the molecule is CCCC(NCc1c(C)cc(C)cc1C)C(=O)O. The smallest absolute Gasteiger partial charge is 0.320 e. The van der Waals surface area contributed by atoms with Crippen molar-refractivity contribution < 1.29 is 9.90 Å². The third kappa shape index (κ3) is 3.84. The highest BCUT2D eigenvalue weighted by atomic mass is 16.4. The van der Waals surface area contributed by atoms with Crippen molar-refractivity contribution in [2.75, 3.05) is 0 Å². The summed E-state index contributed by atoms with van der Waals surface area (Å²) in [6.07, 6.45) is 1.54. The molecule has 1 aromatic carbocycles. The van der Waals surface area contributed by atoms with Crippen LogP contribution < -0.4 is 5.32 Å². The molecule has 0 amide bonds. The molecule has 3 nitrogen and oxygen atoms in total. The van der Waals surface area contributed by atoms with E-state index in [2.05, 4.69) is 38.2 Å². The quantitative estimate of drug-likeness (QED) is 0.815. The summed E-state index contributed by atoms with van der Waals surface area (Å²) in [7, 11) is 0. The zero-order chi connectivity index (χ0) is 13.7. The van der Waals surface area contributed by atoms with Crippen molar-refractivity contribution in [1.82, 2.24) is 5.32 Å². The van der Waals surface area contributed by atoms with Crippen molar-refractivity contribution in [3.8, 4) is 0 Å². The van der Waals surface area contributed by atoms with Crippen molar-refractivity contribution in [2.24, 2.45) is 0 Å². The lowest BCUT2D eigenvalue weighted by atomic mass is 9.99. The second-order valence-corrected chi connectivity index (χ2v) is 4.94. The molecule has 2 N–H and O–H groups in total. The number of carbonyl (C=O) groups is 1. The predicted molar refractivity (Wildman–Crippen MR) is 73.8 cm³/mol. The first-order chi connectivity index (χ1) is 8.45. The van der Waals surface area contributed by atoms with Crippen LogP contribution >= 0.6 is 0 Å². The lowest BCUT2D eigenvalue weighted by molar-refractivity contribution is -0.139. The van der Waals surface area contributed by atoms with Crippen LogP contribution in [0.25, 0.3) is 0 Å². The number of nitrogens with one attached hydrogen (secondary N) is 1. The Morgan fingerprint density at radius 2 is 1.83 bits per heavy atom. The van der Waals surface area contributed by atoms with E-state index < -0.39 is 12.0 Å². The van der Waals surface area contributed by atoms with Crippen LogP contribution in [0.15, 0.2) is 12.1 Å². The minimum Gasteiger partial charge on any atom is -0.480 e. The summed E-state index contributed by atoms with van der Waals surface area (Å²) in [6, 6.07) is 3.83. The van der Waals surface area contributed by atoms with Gasteiger partial charge in [0.05, 0.1) is 0 Å². The van der Waals surface area contributed by atoms with Crippen LogP contribution in [0.2, 0.25) is 0 Å². The summed E-state index contributed by atoms with van der Waals surface area (Å²) in [4.78, 5) is 11.1. The number of carboxylic acids is 1. The highest BCUT2D eigenvalue weighted by Crippen LogP contribution is 2.16. The number of hydrogen-bond acceptors (Lipinski definition) is 2. The van der Waals surface area contributed by atoms with Gasteiger partial charge >= 0.3 is 5.97 Å². The molecular weight excluding hydrogens is 226 g/mol. The number of carboxylic acid groups (broad SMARTS) is 1. The largest absolute Gasteiger partial charge is 0.480 e. The van der Waals surface area contributed by atoms with Gasteiger partial charge in [0.25, 0.3) is 0 Å². The fraction of sp³-hybridized carbons (Fsp3) is 0.533. The van der Waals surface area contributed by atoms with Gasteiger partial charge in [0.15, 0.2) is 0 Å². The monoisotopic (exact) mass is 249 g/mol. The normalized spacial score (nSPS) is 12.4. The third-order valence-corrected chi connectivity index (χ3v) is 3.24. The number of benzene rings is 1. The second-order valence-electron chi connectivity index (χ2n) is 4.94. The molecule has 0 spiro atoms. The van der Waals surface area contributed by atoms with Crippen LogP contribution in [0.3, 0.4) is 0 Å². The van der Waals surface area contributed by atoms with Gasteiger partial charge in [-0.15, -0.1) is 0 Å². The summed E-state index contributed by atoms with van der Waals surface area (Å²) in [5.41, 5.74) is 4.90. The van der Waals surface area contributed by atoms with Gasteiger partial charge in [0.2, 0.25) is 0 Å². The van der Waals surface area contributed by atoms with Gasteiger partial charge in [0, 0.05) is 6.54 Å².